The fourth-order valence-electron chi connectivity index (χ4n) is 1.77. The number of primary amides is 1. The van der Waals surface area contributed by atoms with Gasteiger partial charge in [-0.3, -0.25) is 14.9 Å². The van der Waals surface area contributed by atoms with Crippen molar-refractivity contribution in [2.45, 2.75) is 17.7 Å². The van der Waals surface area contributed by atoms with E-state index < -0.39 is 17.8 Å². The molecule has 0 saturated heterocycles. The number of thioether (sulfide) groups is 1. The van der Waals surface area contributed by atoms with Crippen LogP contribution in [0.1, 0.15) is 10.6 Å². The number of nitrogens with one attached hydrogen (secondary N) is 2. The lowest BCUT2D eigenvalue weighted by Crippen LogP contribution is -2.35. The van der Waals surface area contributed by atoms with Crippen molar-refractivity contribution in [2.24, 2.45) is 5.73 Å². The molecule has 0 atom stereocenters. The Hall–Kier alpha value is -1.91. The first-order valence-corrected chi connectivity index (χ1v) is 9.67. The largest absolute Gasteiger partial charge is 0.369 e. The van der Waals surface area contributed by atoms with Crippen LogP contribution in [0.5, 0.6) is 0 Å². The van der Waals surface area contributed by atoms with Gasteiger partial charge in [0.15, 0.2) is 4.34 Å². The van der Waals surface area contributed by atoms with Crippen molar-refractivity contribution in [3.63, 3.8) is 0 Å². The summed E-state index contributed by atoms with van der Waals surface area (Å²) in [6.07, 6.45) is 0.131. The van der Waals surface area contributed by atoms with E-state index in [0.717, 1.165) is 15.0 Å². The molecule has 0 fully saturated rings. The highest BCUT2D eigenvalue weighted by atomic mass is 79.9. The fourth-order valence-corrected chi connectivity index (χ4v) is 4.08. The number of rotatable bonds is 6. The Morgan fingerprint density at radius 2 is 1.96 bits per heavy atom. The summed E-state index contributed by atoms with van der Waals surface area (Å²) in [4.78, 5) is 39.6. The second kappa shape index (κ2) is 8.97. The maximum absolute atomic E-state index is 11.8. The summed E-state index contributed by atoms with van der Waals surface area (Å²) >= 11 is 5.82. The van der Waals surface area contributed by atoms with Crippen LogP contribution in [-0.2, 0) is 16.0 Å². The van der Waals surface area contributed by atoms with Gasteiger partial charge < -0.3 is 11.1 Å². The topological polar surface area (TPSA) is 114 Å². The molecule has 1 aromatic carbocycles. The zero-order valence-electron chi connectivity index (χ0n) is 13.2. The highest BCUT2D eigenvalue weighted by molar-refractivity contribution is 9.10. The Labute approximate surface area is 160 Å². The number of halogens is 1. The zero-order chi connectivity index (χ0) is 18.4. The minimum Gasteiger partial charge on any atom is -0.369 e. The van der Waals surface area contributed by atoms with Gasteiger partial charge in [-0.05, 0) is 31.2 Å². The van der Waals surface area contributed by atoms with Gasteiger partial charge in [0.2, 0.25) is 11.8 Å². The first-order chi connectivity index (χ1) is 11.8. The third-order valence-electron chi connectivity index (χ3n) is 2.89. The van der Waals surface area contributed by atoms with E-state index in [1.807, 2.05) is 0 Å². The summed E-state index contributed by atoms with van der Waals surface area (Å²) < 4.78 is 1.54. The van der Waals surface area contributed by atoms with E-state index in [1.165, 1.54) is 23.1 Å². The average molecular weight is 443 g/mol. The van der Waals surface area contributed by atoms with Gasteiger partial charge >= 0.3 is 6.03 Å². The molecule has 132 valence electrons. The number of aryl methyl sites for hydroxylation is 1. The van der Waals surface area contributed by atoms with E-state index >= 15 is 0 Å². The minimum absolute atomic E-state index is 0.0384. The molecule has 0 aliphatic rings. The van der Waals surface area contributed by atoms with Crippen LogP contribution in [0.2, 0.25) is 0 Å². The lowest BCUT2D eigenvalue weighted by atomic mass is 10.3. The maximum atomic E-state index is 11.8. The highest BCUT2D eigenvalue weighted by Crippen LogP contribution is 2.27. The molecule has 4 N–H and O–H groups in total. The summed E-state index contributed by atoms with van der Waals surface area (Å²) in [5.74, 6) is -0.828. The second-order valence-electron chi connectivity index (χ2n) is 4.93. The molecule has 0 saturated carbocycles. The number of hydrogen-bond acceptors (Lipinski definition) is 6. The molecule has 2 aromatic rings. The van der Waals surface area contributed by atoms with Crippen LogP contribution in [0.4, 0.5) is 10.5 Å². The Morgan fingerprint density at radius 1 is 1.28 bits per heavy atom. The van der Waals surface area contributed by atoms with Gasteiger partial charge in [-0.1, -0.05) is 27.7 Å². The Balaban J connectivity index is 1.81. The Morgan fingerprint density at radius 3 is 2.60 bits per heavy atom. The van der Waals surface area contributed by atoms with Gasteiger partial charge in [0.25, 0.3) is 0 Å². The first kappa shape index (κ1) is 19.4. The van der Waals surface area contributed by atoms with E-state index in [-0.39, 0.29) is 12.2 Å². The monoisotopic (exact) mass is 442 g/mol. The number of aromatic nitrogens is 1. The first-order valence-electron chi connectivity index (χ1n) is 7.07. The number of anilines is 1. The zero-order valence-corrected chi connectivity index (χ0v) is 16.4. The van der Waals surface area contributed by atoms with Crippen LogP contribution in [0.25, 0.3) is 0 Å². The third-order valence-corrected chi connectivity index (χ3v) is 5.72. The number of carbonyl (C=O) groups excluding carboxylic acids is 3. The molecule has 2 rings (SSSR count). The number of amides is 4. The van der Waals surface area contributed by atoms with Gasteiger partial charge in [-0.25, -0.2) is 9.78 Å². The summed E-state index contributed by atoms with van der Waals surface area (Å²) in [6.45, 7) is 1.78. The standard InChI is InChI=1S/C15H15BrN4O3S2/c1-8-11(6-12(17)21)25-15(18-8)24-7-13(22)20-14(23)19-10-4-2-9(16)3-5-10/h2-5H,6-7H2,1H3,(H2,17,21)(H2,19,20,22,23). The normalized spacial score (nSPS) is 10.3. The van der Waals surface area contributed by atoms with Crippen molar-refractivity contribution in [1.82, 2.24) is 10.3 Å². The van der Waals surface area contributed by atoms with E-state index in [1.54, 1.807) is 31.2 Å². The summed E-state index contributed by atoms with van der Waals surface area (Å²) in [5, 5.41) is 4.82. The highest BCUT2D eigenvalue weighted by Gasteiger charge is 2.13. The van der Waals surface area contributed by atoms with Crippen molar-refractivity contribution in [3.8, 4) is 0 Å². The summed E-state index contributed by atoms with van der Waals surface area (Å²) in [6, 6.07) is 6.38. The predicted octanol–water partition coefficient (Wildman–Crippen LogP) is 2.68. The van der Waals surface area contributed by atoms with Crippen molar-refractivity contribution in [2.75, 3.05) is 11.1 Å². The molecule has 0 radical (unpaired) electrons. The lowest BCUT2D eigenvalue weighted by Gasteiger charge is -2.06. The van der Waals surface area contributed by atoms with E-state index in [0.29, 0.717) is 10.0 Å². The van der Waals surface area contributed by atoms with E-state index in [2.05, 4.69) is 31.5 Å². The van der Waals surface area contributed by atoms with E-state index in [9.17, 15) is 14.4 Å². The smallest absolute Gasteiger partial charge is 0.325 e. The van der Waals surface area contributed by atoms with Crippen molar-refractivity contribution in [1.29, 1.82) is 0 Å². The molecule has 0 aliphatic carbocycles. The number of urea groups is 1. The van der Waals surface area contributed by atoms with Gasteiger partial charge in [0, 0.05) is 15.0 Å². The number of hydrogen-bond donors (Lipinski definition) is 3. The molecular formula is C15H15BrN4O3S2. The molecule has 7 nitrogen and oxygen atoms in total. The van der Waals surface area contributed by atoms with Gasteiger partial charge in [-0.15, -0.1) is 11.3 Å². The molecule has 0 aliphatic heterocycles. The van der Waals surface area contributed by atoms with Crippen LogP contribution in [0, 0.1) is 6.92 Å². The number of nitrogens with zero attached hydrogens (tertiary/aromatic N) is 1. The number of imide groups is 1. The number of nitrogens with two attached hydrogens (primary N) is 1. The predicted molar refractivity (Wildman–Crippen MR) is 102 cm³/mol. The van der Waals surface area contributed by atoms with E-state index in [4.69, 9.17) is 5.73 Å². The van der Waals surface area contributed by atoms with Crippen LogP contribution in [0.3, 0.4) is 0 Å². The molecule has 1 heterocycles. The van der Waals surface area contributed by atoms with Crippen LogP contribution >= 0.6 is 39.0 Å². The molecular weight excluding hydrogens is 428 g/mol. The molecule has 0 spiro atoms. The third kappa shape index (κ3) is 6.48. The average Bonchev–Trinajstić information content (AvgIpc) is 2.87. The van der Waals surface area contributed by atoms with Crippen LogP contribution in [-0.4, -0.2) is 28.6 Å². The van der Waals surface area contributed by atoms with Gasteiger partial charge in [0.1, 0.15) is 0 Å². The fraction of sp³-hybridized carbons (Fsp3) is 0.200. The molecule has 0 unspecified atom stereocenters. The Bertz CT molecular complexity index is 793. The summed E-state index contributed by atoms with van der Waals surface area (Å²) in [5.41, 5.74) is 6.47. The molecule has 0 bridgehead atoms. The maximum Gasteiger partial charge on any atom is 0.325 e. The number of thiazole rings is 1. The van der Waals surface area contributed by atoms with Crippen molar-refractivity contribution < 1.29 is 14.4 Å². The van der Waals surface area contributed by atoms with Gasteiger partial charge in [0.05, 0.1) is 17.9 Å². The molecule has 1 aromatic heterocycles. The minimum atomic E-state index is -0.599. The van der Waals surface area contributed by atoms with Crippen molar-refractivity contribution >= 4 is 62.6 Å². The lowest BCUT2D eigenvalue weighted by molar-refractivity contribution is -0.118. The Kier molecular flexibility index (Phi) is 6.97. The van der Waals surface area contributed by atoms with Gasteiger partial charge in [-0.2, -0.15) is 0 Å². The second-order valence-corrected chi connectivity index (χ2v) is 8.15. The quantitative estimate of drug-likeness (QED) is 0.594. The summed E-state index contributed by atoms with van der Waals surface area (Å²) in [7, 11) is 0. The molecule has 25 heavy (non-hydrogen) atoms. The number of benzene rings is 1. The molecule has 10 heteroatoms. The number of carbonyl (C=O) groups is 3. The van der Waals surface area contributed by atoms with Crippen molar-refractivity contribution in [3.05, 3.63) is 39.3 Å². The van der Waals surface area contributed by atoms with Crippen LogP contribution in [0.15, 0.2) is 33.1 Å². The SMILES string of the molecule is Cc1nc(SCC(=O)NC(=O)Nc2ccc(Br)cc2)sc1CC(N)=O. The van der Waals surface area contributed by atoms with Crippen LogP contribution < -0.4 is 16.4 Å². The molecule has 4 amide bonds.